The molecule has 1 atom stereocenters. The monoisotopic (exact) mass is 1910 g/mol. The smallest absolute Gasteiger partial charge is 0.379 e. The SMILES string of the molecule is CC(C)(C)c1ccc(CN2CCN(CCF)CC2)c(C(F)(F)F)c1.CC(C)(C)c1ccc(CN2CCOCC2)c(Cl)c1.CC(C)N1CCN(Cc2ccc(C(C)(C)C)cc2C(F)(F)F)CC1.CC1CN(Cc2ccc(C(C)(C)C)cc2C(F)(F)F)CCN1.CN1CCCN(Cc2ccc(C(C)(C)C)cc2C(F)(F)F)CC1.CN1CCN(Cc2ccc(C(C)(C)C)cc2C(F)(F)F)CC1. The van der Waals surface area contributed by atoms with Crippen LogP contribution in [0.5, 0.6) is 0 Å². The fraction of sp³-hybridized carbons (Fsp3) is 0.654. The van der Waals surface area contributed by atoms with Gasteiger partial charge in [-0.1, -0.05) is 209 Å². The molecule has 6 aromatic carbocycles. The zero-order chi connectivity index (χ0) is 99.6. The normalized spacial score (nSPS) is 18.9. The Kier molecular flexibility index (Phi) is 41.4. The predicted octanol–water partition coefficient (Wildman–Crippen LogP) is 23.8. The van der Waals surface area contributed by atoms with E-state index in [0.29, 0.717) is 104 Å². The van der Waals surface area contributed by atoms with Crippen LogP contribution in [0.25, 0.3) is 0 Å². The van der Waals surface area contributed by atoms with E-state index in [1.807, 2.05) is 145 Å². The number of benzene rings is 6. The first kappa shape index (κ1) is 114. The Morgan fingerprint density at radius 1 is 0.323 bits per heavy atom. The zero-order valence-electron chi connectivity index (χ0n) is 83.5. The van der Waals surface area contributed by atoms with E-state index >= 15 is 0 Å². The number of alkyl halides is 16. The fourth-order valence-electron chi connectivity index (χ4n) is 16.7. The minimum atomic E-state index is -4.35. The molecule has 0 saturated carbocycles. The zero-order valence-corrected chi connectivity index (χ0v) is 84.2. The lowest BCUT2D eigenvalue weighted by molar-refractivity contribution is -0.139. The molecule has 1 N–H and O–H groups in total. The molecule has 6 heterocycles. The third-order valence-corrected chi connectivity index (χ3v) is 26.0. The minimum absolute atomic E-state index is 0.154. The highest BCUT2D eigenvalue weighted by Crippen LogP contribution is 2.43. The van der Waals surface area contributed by atoms with E-state index in [1.54, 1.807) is 36.4 Å². The van der Waals surface area contributed by atoms with Crippen LogP contribution in [0.4, 0.5) is 70.2 Å². The van der Waals surface area contributed by atoms with E-state index in [0.717, 1.165) is 165 Å². The van der Waals surface area contributed by atoms with Crippen LogP contribution in [0.1, 0.15) is 246 Å². The molecule has 0 aromatic heterocycles. The molecule has 133 heavy (non-hydrogen) atoms. The first-order valence-corrected chi connectivity index (χ1v) is 47.5. The summed E-state index contributed by atoms with van der Waals surface area (Å²) in [5, 5.41) is 4.19. The largest absolute Gasteiger partial charge is 0.416 e. The van der Waals surface area contributed by atoms with Gasteiger partial charge in [-0.05, 0) is 190 Å². The number of hydrogen-bond acceptors (Lipinski definition) is 12. The first-order valence-electron chi connectivity index (χ1n) is 47.1. The second kappa shape index (κ2) is 48.3. The van der Waals surface area contributed by atoms with Crippen LogP contribution in [-0.4, -0.2) is 239 Å². The maximum atomic E-state index is 13.5. The summed E-state index contributed by atoms with van der Waals surface area (Å²) in [5.41, 5.74) is 4.10. The van der Waals surface area contributed by atoms with Crippen LogP contribution in [0, 0.1) is 0 Å². The number of rotatable bonds is 15. The van der Waals surface area contributed by atoms with Crippen molar-refractivity contribution in [3.8, 4) is 0 Å². The fourth-order valence-corrected chi connectivity index (χ4v) is 17.0. The standard InChI is InChI=1S/C19H29F3N2.C18H26F4N2.C18H27F3N2.2C17H25F3N2.C15H22ClNO/c1-14(2)24-10-8-23(9-11-24)13-15-6-7-16(18(3,4)5)12-17(15)19(20,21)22;1-17(2,3)15-5-4-14(16(12-15)18(20,21)22)13-24-10-8-23(7-6-19)9-11-24;1-17(2,3)15-7-6-14(16(12-15)18(19,20)21)13-23-9-5-8-22(4)10-11-23;1-16(2,3)14-6-5-13(15(11-14)17(18,19)20)12-22-9-7-21(4)8-10-22;1-12-10-22(8-7-21-12)11-13-5-6-14(16(2,3)4)9-15(13)17(18,19)20;1-15(2,3)13-5-4-12(14(16)10-13)11-17-6-8-18-9-7-17/h6-7,12,14H,8-11,13H2,1-5H3;4-5,12H,6-11,13H2,1-3H3;6-7,12H,5,8-11,13H2,1-4H3;5-6,11H,7-10,12H2,1-4H3;5-6,9,12,21H,7-8,10-11H2,1-4H3;4-5,10H,6-9,11H2,1-3H3. The van der Waals surface area contributed by atoms with Crippen molar-refractivity contribution in [2.45, 2.75) is 267 Å². The number of piperazine rings is 4. The quantitative estimate of drug-likeness (QED) is 0.0997. The van der Waals surface area contributed by atoms with Crippen molar-refractivity contribution < 1.29 is 75.0 Å². The topological polar surface area (TPSA) is 53.7 Å². The van der Waals surface area contributed by atoms with Crippen molar-refractivity contribution in [1.29, 1.82) is 0 Å². The highest BCUT2D eigenvalue weighted by molar-refractivity contribution is 6.31. The van der Waals surface area contributed by atoms with E-state index < -0.39 is 58.7 Å². The summed E-state index contributed by atoms with van der Waals surface area (Å²) in [7, 11) is 4.10. The molecule has 6 aromatic rings. The van der Waals surface area contributed by atoms with Gasteiger partial charge in [-0.2, -0.15) is 65.9 Å². The summed E-state index contributed by atoms with van der Waals surface area (Å²) in [4.78, 5) is 21.6. The van der Waals surface area contributed by atoms with Crippen molar-refractivity contribution in [3.05, 3.63) is 209 Å². The summed E-state index contributed by atoms with van der Waals surface area (Å²) in [6, 6.07) is 31.3. The number of morpholine rings is 1. The lowest BCUT2D eigenvalue weighted by atomic mass is 9.85. The van der Waals surface area contributed by atoms with Gasteiger partial charge in [0.2, 0.25) is 0 Å². The maximum absolute atomic E-state index is 13.5. The number of nitrogens with zero attached hydrogens (tertiary/aromatic N) is 10. The van der Waals surface area contributed by atoms with Crippen LogP contribution < -0.4 is 5.32 Å². The number of halogens is 17. The summed E-state index contributed by atoms with van der Waals surface area (Å²) in [6.07, 6.45) is -20.6. The predicted molar refractivity (Wildman–Crippen MR) is 510 cm³/mol. The maximum Gasteiger partial charge on any atom is 0.416 e. The second-order valence-corrected chi connectivity index (χ2v) is 43.8. The van der Waals surface area contributed by atoms with Gasteiger partial charge >= 0.3 is 30.9 Å². The molecule has 0 spiro atoms. The van der Waals surface area contributed by atoms with Crippen LogP contribution in [0.15, 0.2) is 109 Å². The number of ether oxygens (including phenoxy) is 1. The Balaban J connectivity index is 0.000000218. The Bertz CT molecular complexity index is 4530. The Morgan fingerprint density at radius 3 is 0.865 bits per heavy atom. The lowest BCUT2D eigenvalue weighted by Gasteiger charge is -2.37. The molecule has 6 saturated heterocycles. The van der Waals surface area contributed by atoms with Gasteiger partial charge in [0.15, 0.2) is 0 Å². The molecule has 12 nitrogen and oxygen atoms in total. The van der Waals surface area contributed by atoms with Gasteiger partial charge in [-0.15, -0.1) is 0 Å². The van der Waals surface area contributed by atoms with E-state index in [2.05, 4.69) is 111 Å². The Hall–Kier alpha value is -5.99. The van der Waals surface area contributed by atoms with Gasteiger partial charge in [0.25, 0.3) is 0 Å². The van der Waals surface area contributed by atoms with Gasteiger partial charge in [0.1, 0.15) is 6.67 Å². The molecule has 6 aliphatic rings. The first-order chi connectivity index (χ1) is 61.3. The van der Waals surface area contributed by atoms with Gasteiger partial charge in [-0.25, -0.2) is 4.39 Å². The molecule has 0 radical (unpaired) electrons. The Labute approximate surface area is 790 Å². The summed E-state index contributed by atoms with van der Waals surface area (Å²) < 4.78 is 220. The average Bonchev–Trinajstić information content (AvgIpc) is 0.973. The van der Waals surface area contributed by atoms with Gasteiger partial charge < -0.3 is 19.9 Å². The third-order valence-electron chi connectivity index (χ3n) is 25.7. The summed E-state index contributed by atoms with van der Waals surface area (Å²) in [5.74, 6) is 0. The van der Waals surface area contributed by atoms with Crippen LogP contribution in [-0.2, 0) is 107 Å². The van der Waals surface area contributed by atoms with Crippen LogP contribution in [0.2, 0.25) is 5.02 Å². The van der Waals surface area contributed by atoms with Crippen LogP contribution >= 0.6 is 11.6 Å². The van der Waals surface area contributed by atoms with Crippen molar-refractivity contribution in [3.63, 3.8) is 0 Å². The number of hydrogen-bond donors (Lipinski definition) is 1. The molecule has 0 amide bonds. The average molecular weight is 1910 g/mol. The number of nitrogens with one attached hydrogen (secondary N) is 1. The van der Waals surface area contributed by atoms with E-state index in [-0.39, 0.29) is 45.7 Å². The van der Waals surface area contributed by atoms with Gasteiger partial charge in [0.05, 0.1) is 41.0 Å². The second-order valence-electron chi connectivity index (χ2n) is 43.4. The van der Waals surface area contributed by atoms with Gasteiger partial charge in [0, 0.05) is 187 Å². The highest BCUT2D eigenvalue weighted by Gasteiger charge is 2.41. The minimum Gasteiger partial charge on any atom is -0.379 e. The highest BCUT2D eigenvalue weighted by atomic mass is 35.5. The lowest BCUT2D eigenvalue weighted by Crippen LogP contribution is -2.48. The molecule has 29 heteroatoms. The van der Waals surface area contributed by atoms with E-state index in [9.17, 15) is 70.2 Å². The molecule has 1 unspecified atom stereocenters. The van der Waals surface area contributed by atoms with E-state index in [4.69, 9.17) is 16.3 Å². The molecule has 6 fully saturated rings. The summed E-state index contributed by atoms with van der Waals surface area (Å²) in [6.45, 7) is 63.9. The molecular weight excluding hydrogens is 1760 g/mol. The van der Waals surface area contributed by atoms with Crippen molar-refractivity contribution in [2.75, 3.05) is 178 Å². The van der Waals surface area contributed by atoms with Gasteiger partial charge in [-0.3, -0.25) is 39.2 Å². The van der Waals surface area contributed by atoms with Crippen molar-refractivity contribution >= 4 is 11.6 Å². The van der Waals surface area contributed by atoms with E-state index in [1.165, 1.54) is 41.5 Å². The van der Waals surface area contributed by atoms with Crippen molar-refractivity contribution in [2.24, 2.45) is 0 Å². The summed E-state index contributed by atoms with van der Waals surface area (Å²) >= 11 is 6.40. The van der Waals surface area contributed by atoms with Crippen LogP contribution in [0.3, 0.4) is 0 Å². The van der Waals surface area contributed by atoms with Crippen molar-refractivity contribution in [1.82, 2.24) is 54.3 Å². The number of likely N-dealkylation sites (N-methyl/N-ethyl adjacent to an activating group) is 2. The molecule has 12 rings (SSSR count). The third kappa shape index (κ3) is 37.3. The Morgan fingerprint density at radius 2 is 0.579 bits per heavy atom. The molecule has 6 aliphatic heterocycles. The molecule has 0 bridgehead atoms. The molecular formula is C104H154ClF16N11O. The molecule has 750 valence electrons. The molecule has 0 aliphatic carbocycles.